The third-order valence-corrected chi connectivity index (χ3v) is 4.74. The number of carbonyl (C=O) groups is 3. The molecule has 1 N–H and O–H groups in total. The van der Waals surface area contributed by atoms with Crippen LogP contribution in [0.5, 0.6) is 0 Å². The molecule has 1 saturated heterocycles. The lowest BCUT2D eigenvalue weighted by atomic mass is 10.1. The summed E-state index contributed by atoms with van der Waals surface area (Å²) in [5.74, 6) is -1.39. The van der Waals surface area contributed by atoms with Gasteiger partial charge in [0.2, 0.25) is 0 Å². The van der Waals surface area contributed by atoms with Gasteiger partial charge in [-0.05, 0) is 53.2 Å². The van der Waals surface area contributed by atoms with E-state index in [2.05, 4.69) is 0 Å². The molecule has 2 aromatic rings. The Labute approximate surface area is 152 Å². The van der Waals surface area contributed by atoms with Crippen LogP contribution in [0.3, 0.4) is 0 Å². The van der Waals surface area contributed by atoms with E-state index in [9.17, 15) is 14.4 Å². The first-order chi connectivity index (χ1) is 11.9. The molecule has 0 spiro atoms. The van der Waals surface area contributed by atoms with E-state index in [1.807, 2.05) is 0 Å². The van der Waals surface area contributed by atoms with Gasteiger partial charge in [-0.3, -0.25) is 14.5 Å². The number of rotatable bonds is 4. The molecular weight excluding hydrogens is 362 g/mol. The number of carboxylic acid groups (broad SMARTS) is 1. The summed E-state index contributed by atoms with van der Waals surface area (Å²) in [7, 11) is 0. The van der Waals surface area contributed by atoms with E-state index in [0.29, 0.717) is 15.5 Å². The van der Waals surface area contributed by atoms with Crippen molar-refractivity contribution >= 4 is 46.6 Å². The average Bonchev–Trinajstić information content (AvgIpc) is 2.85. The molecular formula is C18H12ClNO4S. The molecule has 0 saturated carbocycles. The molecule has 0 unspecified atom stereocenters. The number of benzene rings is 2. The minimum Gasteiger partial charge on any atom is -0.478 e. The van der Waals surface area contributed by atoms with E-state index in [-0.39, 0.29) is 23.3 Å². The number of thioether (sulfide) groups is 1. The molecule has 3 rings (SSSR count). The maximum Gasteiger partial charge on any atom is 0.335 e. The fourth-order valence-electron chi connectivity index (χ4n) is 2.28. The molecule has 1 aliphatic heterocycles. The number of hydrogen-bond acceptors (Lipinski definition) is 4. The normalized spacial score (nSPS) is 15.9. The summed E-state index contributed by atoms with van der Waals surface area (Å²) in [5, 5.41) is 9.14. The standard InChI is InChI=1S/C18H12ClNO4S/c19-14-7-3-12(4-8-14)10-20-16(21)15(25-18(20)24)9-11-1-5-13(6-2-11)17(22)23/h1-9H,10H2,(H,22,23)/b15-9+. The molecule has 5 nitrogen and oxygen atoms in total. The molecule has 126 valence electrons. The minimum atomic E-state index is -1.02. The Hall–Kier alpha value is -2.57. The zero-order valence-corrected chi connectivity index (χ0v) is 14.4. The number of carboxylic acids is 1. The van der Waals surface area contributed by atoms with Crippen LogP contribution in [0.25, 0.3) is 6.08 Å². The van der Waals surface area contributed by atoms with Gasteiger partial charge in [0, 0.05) is 5.02 Å². The first-order valence-corrected chi connectivity index (χ1v) is 8.46. The number of hydrogen-bond donors (Lipinski definition) is 1. The highest BCUT2D eigenvalue weighted by molar-refractivity contribution is 8.18. The van der Waals surface area contributed by atoms with Gasteiger partial charge in [-0.2, -0.15) is 0 Å². The lowest BCUT2D eigenvalue weighted by Gasteiger charge is -2.12. The van der Waals surface area contributed by atoms with E-state index in [1.54, 1.807) is 42.5 Å². The molecule has 0 radical (unpaired) electrons. The second-order valence-electron chi connectivity index (χ2n) is 5.32. The summed E-state index contributed by atoms with van der Waals surface area (Å²) in [5.41, 5.74) is 1.62. The highest BCUT2D eigenvalue weighted by atomic mass is 35.5. The fraction of sp³-hybridized carbons (Fsp3) is 0.0556. The van der Waals surface area contributed by atoms with Crippen LogP contribution >= 0.6 is 23.4 Å². The summed E-state index contributed by atoms with van der Waals surface area (Å²) in [6.07, 6.45) is 1.58. The molecule has 0 atom stereocenters. The van der Waals surface area contributed by atoms with Crippen molar-refractivity contribution < 1.29 is 19.5 Å². The van der Waals surface area contributed by atoms with Crippen LogP contribution in [0.2, 0.25) is 5.02 Å². The number of imide groups is 1. The first kappa shape index (κ1) is 17.3. The van der Waals surface area contributed by atoms with Crippen molar-refractivity contribution in [1.82, 2.24) is 4.90 Å². The third-order valence-electron chi connectivity index (χ3n) is 3.58. The predicted molar refractivity (Wildman–Crippen MR) is 96.4 cm³/mol. The van der Waals surface area contributed by atoms with Crippen molar-refractivity contribution in [3.05, 3.63) is 75.1 Å². The van der Waals surface area contributed by atoms with E-state index < -0.39 is 5.97 Å². The molecule has 1 fully saturated rings. The second kappa shape index (κ2) is 7.13. The van der Waals surface area contributed by atoms with Crippen LogP contribution in [0.1, 0.15) is 21.5 Å². The van der Waals surface area contributed by atoms with Gasteiger partial charge in [-0.1, -0.05) is 35.9 Å². The van der Waals surface area contributed by atoms with Crippen molar-refractivity contribution in [3.8, 4) is 0 Å². The molecule has 2 amide bonds. The van der Waals surface area contributed by atoms with E-state index >= 15 is 0 Å². The molecule has 1 heterocycles. The summed E-state index contributed by atoms with van der Waals surface area (Å²) in [6, 6.07) is 13.0. The average molecular weight is 374 g/mol. The topological polar surface area (TPSA) is 74.7 Å². The van der Waals surface area contributed by atoms with Gasteiger partial charge < -0.3 is 5.11 Å². The smallest absolute Gasteiger partial charge is 0.335 e. The van der Waals surface area contributed by atoms with E-state index in [1.165, 1.54) is 17.0 Å². The maximum absolute atomic E-state index is 12.5. The monoisotopic (exact) mass is 373 g/mol. The Morgan fingerprint density at radius 3 is 2.32 bits per heavy atom. The predicted octanol–water partition coefficient (Wildman–Crippen LogP) is 4.27. The van der Waals surface area contributed by atoms with Gasteiger partial charge in [0.05, 0.1) is 17.0 Å². The van der Waals surface area contributed by atoms with Gasteiger partial charge >= 0.3 is 5.97 Å². The summed E-state index contributed by atoms with van der Waals surface area (Å²) >= 11 is 6.70. The van der Waals surface area contributed by atoms with Crippen molar-refractivity contribution in [1.29, 1.82) is 0 Å². The zero-order valence-electron chi connectivity index (χ0n) is 12.8. The molecule has 25 heavy (non-hydrogen) atoms. The van der Waals surface area contributed by atoms with Crippen molar-refractivity contribution in [2.75, 3.05) is 0 Å². The summed E-state index contributed by atoms with van der Waals surface area (Å²) in [6.45, 7) is 0.178. The summed E-state index contributed by atoms with van der Waals surface area (Å²) < 4.78 is 0. The Kier molecular flexibility index (Phi) is 4.92. The fourth-order valence-corrected chi connectivity index (χ4v) is 3.25. The number of carbonyl (C=O) groups excluding carboxylic acids is 2. The van der Waals surface area contributed by atoms with Gasteiger partial charge in [-0.15, -0.1) is 0 Å². The van der Waals surface area contributed by atoms with Crippen LogP contribution in [0.15, 0.2) is 53.4 Å². The number of nitrogens with zero attached hydrogens (tertiary/aromatic N) is 1. The van der Waals surface area contributed by atoms with Crippen molar-refractivity contribution in [2.24, 2.45) is 0 Å². The maximum atomic E-state index is 12.5. The SMILES string of the molecule is O=C(O)c1ccc(/C=C2/SC(=O)N(Cc3ccc(Cl)cc3)C2=O)cc1. The third kappa shape index (κ3) is 3.92. The van der Waals surface area contributed by atoms with E-state index in [0.717, 1.165) is 17.3 Å². The van der Waals surface area contributed by atoms with Crippen molar-refractivity contribution in [3.63, 3.8) is 0 Å². The Balaban J connectivity index is 1.78. The van der Waals surface area contributed by atoms with Gasteiger partial charge in [0.25, 0.3) is 11.1 Å². The Morgan fingerprint density at radius 2 is 1.72 bits per heavy atom. The molecule has 0 aliphatic carbocycles. The number of amides is 2. The number of aromatic carboxylic acids is 1. The van der Waals surface area contributed by atoms with Crippen LogP contribution in [0, 0.1) is 0 Å². The Morgan fingerprint density at radius 1 is 1.08 bits per heavy atom. The Bertz CT molecular complexity index is 875. The lowest BCUT2D eigenvalue weighted by molar-refractivity contribution is -0.123. The first-order valence-electron chi connectivity index (χ1n) is 7.27. The molecule has 7 heteroatoms. The number of halogens is 1. The van der Waals surface area contributed by atoms with Gasteiger partial charge in [0.1, 0.15) is 0 Å². The molecule has 1 aliphatic rings. The zero-order chi connectivity index (χ0) is 18.0. The highest BCUT2D eigenvalue weighted by Gasteiger charge is 2.34. The summed E-state index contributed by atoms with van der Waals surface area (Å²) in [4.78, 5) is 36.9. The van der Waals surface area contributed by atoms with E-state index in [4.69, 9.17) is 16.7 Å². The minimum absolute atomic E-state index is 0.160. The highest BCUT2D eigenvalue weighted by Crippen LogP contribution is 2.33. The largest absolute Gasteiger partial charge is 0.478 e. The lowest BCUT2D eigenvalue weighted by Crippen LogP contribution is -2.27. The second-order valence-corrected chi connectivity index (χ2v) is 6.75. The molecule has 2 aromatic carbocycles. The van der Waals surface area contributed by atoms with Gasteiger partial charge in [-0.25, -0.2) is 4.79 Å². The molecule has 0 aromatic heterocycles. The van der Waals surface area contributed by atoms with Crippen molar-refractivity contribution in [2.45, 2.75) is 6.54 Å². The van der Waals surface area contributed by atoms with Crippen LogP contribution < -0.4 is 0 Å². The molecule has 0 bridgehead atoms. The van der Waals surface area contributed by atoms with Crippen LogP contribution in [-0.4, -0.2) is 27.1 Å². The van der Waals surface area contributed by atoms with Crippen LogP contribution in [0.4, 0.5) is 4.79 Å². The van der Waals surface area contributed by atoms with Crippen LogP contribution in [-0.2, 0) is 11.3 Å². The van der Waals surface area contributed by atoms with Gasteiger partial charge in [0.15, 0.2) is 0 Å². The quantitative estimate of drug-likeness (QED) is 0.810.